The van der Waals surface area contributed by atoms with Gasteiger partial charge in [-0.3, -0.25) is 14.7 Å². The predicted octanol–water partition coefficient (Wildman–Crippen LogP) is 2.86. The number of rotatable bonds is 7. The standard InChI is InChI=1S/C22H23FN4O4/c23-17-5-1-2-6-20(17)31-14-21(28)27-9-7-15(8-10-27)18-12-19(26-25-18)22(29)24-13-16-4-3-11-30-16/h1-6,11-12,15H,7-10,13-14H2,(H,24,29)(H,25,26). The van der Waals surface area contributed by atoms with Gasteiger partial charge in [-0.15, -0.1) is 0 Å². The van der Waals surface area contributed by atoms with Gasteiger partial charge in [0.05, 0.1) is 12.8 Å². The Labute approximate surface area is 178 Å². The van der Waals surface area contributed by atoms with Gasteiger partial charge in [0, 0.05) is 24.7 Å². The van der Waals surface area contributed by atoms with E-state index in [0.29, 0.717) is 31.1 Å². The van der Waals surface area contributed by atoms with Gasteiger partial charge in [-0.05, 0) is 43.2 Å². The number of furan rings is 1. The molecule has 0 aliphatic carbocycles. The summed E-state index contributed by atoms with van der Waals surface area (Å²) in [4.78, 5) is 26.4. The molecule has 0 saturated carbocycles. The van der Waals surface area contributed by atoms with Crippen LogP contribution in [0.3, 0.4) is 0 Å². The molecule has 3 aromatic rings. The fraction of sp³-hybridized carbons (Fsp3) is 0.318. The van der Waals surface area contributed by atoms with Crippen molar-refractivity contribution in [2.24, 2.45) is 0 Å². The van der Waals surface area contributed by atoms with Crippen LogP contribution in [0.25, 0.3) is 0 Å². The molecule has 1 aromatic carbocycles. The van der Waals surface area contributed by atoms with E-state index in [0.717, 1.165) is 18.5 Å². The van der Waals surface area contributed by atoms with Crippen LogP contribution in [0.15, 0.2) is 53.1 Å². The molecule has 0 radical (unpaired) electrons. The van der Waals surface area contributed by atoms with Gasteiger partial charge in [-0.25, -0.2) is 4.39 Å². The third kappa shape index (κ3) is 5.11. The summed E-state index contributed by atoms with van der Waals surface area (Å²) >= 11 is 0. The van der Waals surface area contributed by atoms with Crippen LogP contribution in [-0.4, -0.2) is 46.6 Å². The van der Waals surface area contributed by atoms with E-state index in [1.165, 1.54) is 12.1 Å². The number of ether oxygens (including phenoxy) is 1. The van der Waals surface area contributed by atoms with Crippen LogP contribution in [0.5, 0.6) is 5.75 Å². The lowest BCUT2D eigenvalue weighted by Gasteiger charge is -2.31. The van der Waals surface area contributed by atoms with Crippen LogP contribution in [0.2, 0.25) is 0 Å². The number of H-pyrrole nitrogens is 1. The maximum Gasteiger partial charge on any atom is 0.272 e. The largest absolute Gasteiger partial charge is 0.481 e. The number of amides is 2. The smallest absolute Gasteiger partial charge is 0.272 e. The molecule has 2 amide bonds. The maximum atomic E-state index is 13.6. The highest BCUT2D eigenvalue weighted by Crippen LogP contribution is 2.27. The number of halogens is 1. The number of carbonyl (C=O) groups excluding carboxylic acids is 2. The van der Waals surface area contributed by atoms with Crippen LogP contribution < -0.4 is 10.1 Å². The molecule has 0 spiro atoms. The number of aromatic amines is 1. The second-order valence-corrected chi connectivity index (χ2v) is 7.34. The summed E-state index contributed by atoms with van der Waals surface area (Å²) < 4.78 is 24.1. The van der Waals surface area contributed by atoms with Gasteiger partial charge in [0.25, 0.3) is 11.8 Å². The molecular formula is C22H23FN4O4. The minimum atomic E-state index is -0.489. The molecule has 2 N–H and O–H groups in total. The van der Waals surface area contributed by atoms with Crippen LogP contribution >= 0.6 is 0 Å². The van der Waals surface area contributed by atoms with Gasteiger partial charge in [-0.2, -0.15) is 5.10 Å². The van der Waals surface area contributed by atoms with Crippen molar-refractivity contribution in [2.75, 3.05) is 19.7 Å². The zero-order valence-electron chi connectivity index (χ0n) is 16.8. The highest BCUT2D eigenvalue weighted by molar-refractivity contribution is 5.92. The van der Waals surface area contributed by atoms with Gasteiger partial charge in [0.15, 0.2) is 18.2 Å². The van der Waals surface area contributed by atoms with Gasteiger partial charge in [-0.1, -0.05) is 12.1 Å². The van der Waals surface area contributed by atoms with Crippen molar-refractivity contribution in [1.29, 1.82) is 0 Å². The summed E-state index contributed by atoms with van der Waals surface area (Å²) in [5.74, 6) is -0.0322. The second-order valence-electron chi connectivity index (χ2n) is 7.34. The topological polar surface area (TPSA) is 100 Å². The molecule has 162 valence electrons. The fourth-order valence-corrected chi connectivity index (χ4v) is 3.57. The van der Waals surface area contributed by atoms with E-state index in [2.05, 4.69) is 15.5 Å². The first-order chi connectivity index (χ1) is 15.1. The SMILES string of the molecule is O=C(NCc1ccco1)c1cc(C2CCN(C(=O)COc3ccccc3F)CC2)[nH]n1. The van der Waals surface area contributed by atoms with Gasteiger partial charge in [0.2, 0.25) is 0 Å². The lowest BCUT2D eigenvalue weighted by Crippen LogP contribution is -2.40. The molecule has 1 aliphatic heterocycles. The number of hydrogen-bond acceptors (Lipinski definition) is 5. The average molecular weight is 426 g/mol. The normalized spacial score (nSPS) is 14.4. The summed E-state index contributed by atoms with van der Waals surface area (Å²) in [7, 11) is 0. The molecule has 1 aliphatic rings. The molecule has 9 heteroatoms. The van der Waals surface area contributed by atoms with E-state index >= 15 is 0 Å². The van der Waals surface area contributed by atoms with Crippen LogP contribution in [0.1, 0.15) is 40.7 Å². The quantitative estimate of drug-likeness (QED) is 0.605. The van der Waals surface area contributed by atoms with Crippen LogP contribution in [0.4, 0.5) is 4.39 Å². The van der Waals surface area contributed by atoms with Crippen molar-refractivity contribution >= 4 is 11.8 Å². The third-order valence-electron chi connectivity index (χ3n) is 5.31. The van der Waals surface area contributed by atoms with Crippen molar-refractivity contribution in [1.82, 2.24) is 20.4 Å². The van der Waals surface area contributed by atoms with Crippen molar-refractivity contribution in [3.05, 3.63) is 71.7 Å². The Kier molecular flexibility index (Phi) is 6.30. The molecule has 4 rings (SSSR count). The van der Waals surface area contributed by atoms with E-state index in [1.807, 2.05) is 0 Å². The van der Waals surface area contributed by atoms with Gasteiger partial charge < -0.3 is 19.4 Å². The maximum absolute atomic E-state index is 13.6. The molecule has 1 saturated heterocycles. The minimum absolute atomic E-state index is 0.0704. The number of hydrogen-bond donors (Lipinski definition) is 2. The lowest BCUT2D eigenvalue weighted by molar-refractivity contribution is -0.134. The Morgan fingerprint density at radius 3 is 2.77 bits per heavy atom. The molecule has 0 bridgehead atoms. The Hall–Kier alpha value is -3.62. The van der Waals surface area contributed by atoms with Crippen LogP contribution in [-0.2, 0) is 11.3 Å². The van der Waals surface area contributed by atoms with Crippen molar-refractivity contribution in [2.45, 2.75) is 25.3 Å². The van der Waals surface area contributed by atoms with E-state index in [-0.39, 0.29) is 30.1 Å². The summed E-state index contributed by atoms with van der Waals surface area (Å²) in [6.45, 7) is 1.21. The molecule has 0 unspecified atom stereocenters. The minimum Gasteiger partial charge on any atom is -0.481 e. The van der Waals surface area contributed by atoms with E-state index < -0.39 is 5.82 Å². The van der Waals surface area contributed by atoms with Crippen molar-refractivity contribution in [3.63, 3.8) is 0 Å². The molecule has 31 heavy (non-hydrogen) atoms. The lowest BCUT2D eigenvalue weighted by atomic mass is 9.93. The molecule has 0 atom stereocenters. The summed E-state index contributed by atoms with van der Waals surface area (Å²) in [6.07, 6.45) is 3.03. The Morgan fingerprint density at radius 2 is 2.03 bits per heavy atom. The van der Waals surface area contributed by atoms with Crippen LogP contribution in [0, 0.1) is 5.82 Å². The molecule has 1 fully saturated rings. The summed E-state index contributed by atoms with van der Waals surface area (Å²) in [5, 5.41) is 9.82. The third-order valence-corrected chi connectivity index (χ3v) is 5.31. The first-order valence-electron chi connectivity index (χ1n) is 10.1. The number of nitrogens with zero attached hydrogens (tertiary/aromatic N) is 2. The number of nitrogens with one attached hydrogen (secondary N) is 2. The zero-order valence-corrected chi connectivity index (χ0v) is 16.8. The van der Waals surface area contributed by atoms with Gasteiger partial charge in [0.1, 0.15) is 11.5 Å². The monoisotopic (exact) mass is 426 g/mol. The highest BCUT2D eigenvalue weighted by Gasteiger charge is 2.26. The van der Waals surface area contributed by atoms with Gasteiger partial charge >= 0.3 is 0 Å². The fourth-order valence-electron chi connectivity index (χ4n) is 3.57. The molecule has 8 nitrogen and oxygen atoms in total. The number of likely N-dealkylation sites (tertiary alicyclic amines) is 1. The Morgan fingerprint density at radius 1 is 1.23 bits per heavy atom. The molecule has 2 aromatic heterocycles. The van der Waals surface area contributed by atoms with E-state index in [1.54, 1.807) is 41.5 Å². The van der Waals surface area contributed by atoms with Crippen molar-refractivity contribution in [3.8, 4) is 5.75 Å². The summed E-state index contributed by atoms with van der Waals surface area (Å²) in [6, 6.07) is 11.3. The van der Waals surface area contributed by atoms with Crippen molar-refractivity contribution < 1.29 is 23.1 Å². The van der Waals surface area contributed by atoms with E-state index in [9.17, 15) is 14.0 Å². The number of piperidine rings is 1. The second kappa shape index (κ2) is 9.46. The number of benzene rings is 1. The predicted molar refractivity (Wildman–Crippen MR) is 109 cm³/mol. The first kappa shape index (κ1) is 20.6. The number of aromatic nitrogens is 2. The van der Waals surface area contributed by atoms with E-state index in [4.69, 9.17) is 9.15 Å². The summed E-state index contributed by atoms with van der Waals surface area (Å²) in [5.41, 5.74) is 1.19. The number of para-hydroxylation sites is 1. The number of carbonyl (C=O) groups is 2. The molecular weight excluding hydrogens is 403 g/mol. The highest BCUT2D eigenvalue weighted by atomic mass is 19.1. The zero-order chi connectivity index (χ0) is 21.6. The first-order valence-corrected chi connectivity index (χ1v) is 10.1. The average Bonchev–Trinajstić information content (AvgIpc) is 3.49. The molecule has 3 heterocycles. The Balaban J connectivity index is 1.24. The Bertz CT molecular complexity index is 1030.